The molecule has 1 fully saturated rings. The Kier molecular flexibility index (Phi) is 7.00. The molecular weight excluding hydrogens is 406 g/mol. The van der Waals surface area contributed by atoms with Crippen LogP contribution in [0.5, 0.6) is 0 Å². The van der Waals surface area contributed by atoms with E-state index in [-0.39, 0.29) is 61.7 Å². The van der Waals surface area contributed by atoms with Crippen LogP contribution in [0.2, 0.25) is 0 Å². The van der Waals surface area contributed by atoms with Gasteiger partial charge in [-0.25, -0.2) is 8.42 Å². The second kappa shape index (κ2) is 8.87. The van der Waals surface area contributed by atoms with E-state index in [2.05, 4.69) is 0 Å². The number of ketones is 1. The summed E-state index contributed by atoms with van der Waals surface area (Å²) in [4.78, 5) is 25.5. The number of carbonyl (C=O) groups is 2. The van der Waals surface area contributed by atoms with Crippen molar-refractivity contribution in [2.75, 3.05) is 26.2 Å². The lowest BCUT2D eigenvalue weighted by Gasteiger charge is -2.33. The normalized spacial score (nSPS) is 15.1. The molecule has 0 spiro atoms. The number of hydrogen-bond acceptors (Lipinski definition) is 6. The van der Waals surface area contributed by atoms with Crippen molar-refractivity contribution in [1.82, 2.24) is 9.21 Å². The number of hydrogen-bond donors (Lipinski definition) is 1. The number of halogens is 1. The lowest BCUT2D eigenvalue weighted by Crippen LogP contribution is -2.50. The van der Waals surface area contributed by atoms with Crippen LogP contribution in [0.3, 0.4) is 0 Å². The third kappa shape index (κ3) is 4.44. The predicted molar refractivity (Wildman–Crippen MR) is 105 cm³/mol. The van der Waals surface area contributed by atoms with E-state index in [0.717, 1.165) is 0 Å². The molecule has 8 nitrogen and oxygen atoms in total. The number of rotatable bonds is 5. The molecular formula is C18H22ClN3O5S. The maximum atomic E-state index is 12.8. The number of sulfonamides is 1. The van der Waals surface area contributed by atoms with Gasteiger partial charge in [-0.2, -0.15) is 4.31 Å². The van der Waals surface area contributed by atoms with Gasteiger partial charge in [-0.3, -0.25) is 9.59 Å². The van der Waals surface area contributed by atoms with E-state index in [1.54, 1.807) is 11.0 Å². The van der Waals surface area contributed by atoms with Crippen molar-refractivity contribution in [3.8, 4) is 0 Å². The molecule has 1 amide bonds. The topological polar surface area (TPSA) is 114 Å². The third-order valence-electron chi connectivity index (χ3n) is 4.53. The van der Waals surface area contributed by atoms with Crippen LogP contribution in [-0.4, -0.2) is 55.5 Å². The minimum absolute atomic E-state index is 0. The third-order valence-corrected chi connectivity index (χ3v) is 6.44. The Morgan fingerprint density at radius 2 is 1.68 bits per heavy atom. The van der Waals surface area contributed by atoms with E-state index in [9.17, 15) is 18.0 Å². The average Bonchev–Trinajstić information content (AvgIpc) is 3.17. The summed E-state index contributed by atoms with van der Waals surface area (Å²) < 4.78 is 32.1. The molecule has 1 aliphatic heterocycles. The molecule has 0 saturated carbocycles. The Balaban J connectivity index is 0.00000280. The van der Waals surface area contributed by atoms with Crippen LogP contribution < -0.4 is 5.73 Å². The van der Waals surface area contributed by atoms with Crippen LogP contribution in [0, 0.1) is 0 Å². The van der Waals surface area contributed by atoms with Gasteiger partial charge < -0.3 is 15.1 Å². The number of Topliss-reactive ketones (excluding diaryl/α,β-unsaturated/α-hetero) is 1. The van der Waals surface area contributed by atoms with Crippen LogP contribution in [0.1, 0.15) is 33.4 Å². The van der Waals surface area contributed by atoms with Crippen molar-refractivity contribution in [2.24, 2.45) is 5.73 Å². The van der Waals surface area contributed by atoms with Crippen LogP contribution in [0.25, 0.3) is 0 Å². The second-order valence-electron chi connectivity index (χ2n) is 6.28. The van der Waals surface area contributed by atoms with E-state index in [0.29, 0.717) is 16.9 Å². The number of amides is 1. The Hall–Kier alpha value is -2.20. The van der Waals surface area contributed by atoms with E-state index in [1.165, 1.54) is 41.8 Å². The lowest BCUT2D eigenvalue weighted by molar-refractivity contribution is 0.0697. The molecule has 0 atom stereocenters. The zero-order valence-corrected chi connectivity index (χ0v) is 17.0. The van der Waals surface area contributed by atoms with Gasteiger partial charge in [-0.15, -0.1) is 12.4 Å². The Morgan fingerprint density at radius 1 is 1.07 bits per heavy atom. The summed E-state index contributed by atoms with van der Waals surface area (Å²) in [6.45, 7) is 2.60. The molecule has 10 heteroatoms. The first-order chi connectivity index (χ1) is 12.8. The van der Waals surface area contributed by atoms with Gasteiger partial charge in [-0.05, 0) is 25.1 Å². The van der Waals surface area contributed by atoms with Crippen LogP contribution in [-0.2, 0) is 16.6 Å². The zero-order valence-electron chi connectivity index (χ0n) is 15.3. The molecule has 0 bridgehead atoms. The fourth-order valence-corrected chi connectivity index (χ4v) is 4.35. The molecule has 2 heterocycles. The van der Waals surface area contributed by atoms with Crippen molar-refractivity contribution in [1.29, 1.82) is 0 Å². The Morgan fingerprint density at radius 3 is 2.18 bits per heavy atom. The molecule has 1 saturated heterocycles. The van der Waals surface area contributed by atoms with Gasteiger partial charge in [0.25, 0.3) is 5.91 Å². The predicted octanol–water partition coefficient (Wildman–Crippen LogP) is 1.51. The fourth-order valence-electron chi connectivity index (χ4n) is 2.92. The smallest absolute Gasteiger partial charge is 0.257 e. The highest BCUT2D eigenvalue weighted by atomic mass is 35.5. The first kappa shape index (κ1) is 22.1. The largest absolute Gasteiger partial charge is 0.467 e. The monoisotopic (exact) mass is 427 g/mol. The van der Waals surface area contributed by atoms with E-state index in [1.807, 2.05) is 0 Å². The summed E-state index contributed by atoms with van der Waals surface area (Å²) in [6, 6.07) is 7.47. The molecule has 0 radical (unpaired) electrons. The van der Waals surface area contributed by atoms with Gasteiger partial charge in [0, 0.05) is 31.7 Å². The molecule has 2 aromatic rings. The molecule has 3 rings (SSSR count). The summed E-state index contributed by atoms with van der Waals surface area (Å²) in [5.74, 6) is 0.193. The molecule has 0 unspecified atom stereocenters. The van der Waals surface area contributed by atoms with Crippen molar-refractivity contribution >= 4 is 34.1 Å². The highest BCUT2D eigenvalue weighted by molar-refractivity contribution is 7.89. The number of carbonyl (C=O) groups excluding carboxylic acids is 2. The maximum absolute atomic E-state index is 12.8. The summed E-state index contributed by atoms with van der Waals surface area (Å²) >= 11 is 0. The number of piperazine rings is 1. The Bertz CT molecular complexity index is 948. The number of furan rings is 1. The summed E-state index contributed by atoms with van der Waals surface area (Å²) in [6.07, 6.45) is 1.37. The molecule has 0 aliphatic carbocycles. The van der Waals surface area contributed by atoms with Crippen LogP contribution in [0.4, 0.5) is 0 Å². The minimum Gasteiger partial charge on any atom is -0.467 e. The highest BCUT2D eigenvalue weighted by Crippen LogP contribution is 2.20. The van der Waals surface area contributed by atoms with Crippen LogP contribution >= 0.6 is 12.4 Å². The van der Waals surface area contributed by atoms with E-state index in [4.69, 9.17) is 10.2 Å². The van der Waals surface area contributed by atoms with E-state index < -0.39 is 10.0 Å². The van der Waals surface area contributed by atoms with Crippen molar-refractivity contribution in [3.63, 3.8) is 0 Å². The van der Waals surface area contributed by atoms with Gasteiger partial charge in [-0.1, -0.05) is 12.1 Å². The summed E-state index contributed by atoms with van der Waals surface area (Å²) in [7, 11) is -3.67. The maximum Gasteiger partial charge on any atom is 0.257 e. The van der Waals surface area contributed by atoms with Crippen LogP contribution in [0.15, 0.2) is 45.9 Å². The number of nitrogens with two attached hydrogens (primary N) is 1. The van der Waals surface area contributed by atoms with Gasteiger partial charge in [0.2, 0.25) is 10.0 Å². The van der Waals surface area contributed by atoms with Gasteiger partial charge in [0.1, 0.15) is 12.0 Å². The fraction of sp³-hybridized carbons (Fsp3) is 0.333. The molecule has 152 valence electrons. The van der Waals surface area contributed by atoms with Gasteiger partial charge in [0.05, 0.1) is 17.0 Å². The second-order valence-corrected chi connectivity index (χ2v) is 8.22. The minimum atomic E-state index is -3.67. The number of nitrogens with zero attached hydrogens (tertiary/aromatic N) is 2. The summed E-state index contributed by atoms with van der Waals surface area (Å²) in [5, 5.41) is 0. The quantitative estimate of drug-likeness (QED) is 0.723. The first-order valence-corrected chi connectivity index (χ1v) is 9.95. The molecule has 28 heavy (non-hydrogen) atoms. The standard InChI is InChI=1S/C18H21N3O5S.ClH/c1-13(22)14-2-4-17(5-3-14)27(24,25)21-8-6-20(7-9-21)18(23)15-10-16(11-19)26-12-15;/h2-5,10,12H,6-9,11,19H2,1H3;1H. The summed E-state index contributed by atoms with van der Waals surface area (Å²) in [5.41, 5.74) is 6.35. The molecule has 1 aromatic carbocycles. The molecule has 2 N–H and O–H groups in total. The lowest BCUT2D eigenvalue weighted by atomic mass is 10.2. The Labute approximate surface area is 169 Å². The van der Waals surface area contributed by atoms with Gasteiger partial charge >= 0.3 is 0 Å². The zero-order chi connectivity index (χ0) is 19.6. The molecule has 1 aliphatic rings. The SMILES string of the molecule is CC(=O)c1ccc(S(=O)(=O)N2CCN(C(=O)c3coc(CN)c3)CC2)cc1.Cl. The number of benzene rings is 1. The molecule has 1 aromatic heterocycles. The highest BCUT2D eigenvalue weighted by Gasteiger charge is 2.30. The first-order valence-electron chi connectivity index (χ1n) is 8.51. The van der Waals surface area contributed by atoms with E-state index >= 15 is 0 Å². The van der Waals surface area contributed by atoms with Gasteiger partial charge in [0.15, 0.2) is 5.78 Å². The van der Waals surface area contributed by atoms with Crippen molar-refractivity contribution in [3.05, 3.63) is 53.5 Å². The van der Waals surface area contributed by atoms with Crippen molar-refractivity contribution in [2.45, 2.75) is 18.4 Å². The average molecular weight is 428 g/mol. The van der Waals surface area contributed by atoms with Crippen molar-refractivity contribution < 1.29 is 22.4 Å².